The van der Waals surface area contributed by atoms with Crippen LogP contribution < -0.4 is 40.7 Å². The number of rotatable bonds is 52. The minimum absolute atomic E-state index is 0.0216. The fraction of sp³-hybridized carbons (Fsp3) is 0.792. The van der Waals surface area contributed by atoms with Gasteiger partial charge in [-0.25, -0.2) is 37.1 Å². The van der Waals surface area contributed by atoms with Crippen molar-refractivity contribution in [1.82, 2.24) is 26.0 Å². The van der Waals surface area contributed by atoms with E-state index in [9.17, 15) is 89.5 Å². The van der Waals surface area contributed by atoms with Gasteiger partial charge in [0, 0.05) is 73.8 Å². The maximum Gasteiger partial charge on any atom is 0.508 e. The summed E-state index contributed by atoms with van der Waals surface area (Å²) < 4.78 is 160. The van der Waals surface area contributed by atoms with Gasteiger partial charge in [-0.15, -0.1) is 0 Å². The molecule has 49 heteroatoms. The quantitative estimate of drug-likeness (QED) is 0.0215. The van der Waals surface area contributed by atoms with E-state index in [0.29, 0.717) is 0 Å². The molecule has 0 radical (unpaired) electrons. The third-order valence-corrected chi connectivity index (χ3v) is 14.5. The first kappa shape index (κ1) is 99.5. The fourth-order valence-electron chi connectivity index (χ4n) is 5.59. The van der Waals surface area contributed by atoms with Crippen LogP contribution in [0.3, 0.4) is 0 Å². The normalized spacial score (nSPS) is 13.6. The van der Waals surface area contributed by atoms with Crippen molar-refractivity contribution in [3.8, 4) is 0 Å². The second kappa shape index (κ2) is 58.6. The van der Waals surface area contributed by atoms with Crippen LogP contribution in [-0.4, -0.2) is 269 Å². The monoisotopic (exact) mass is 1570 g/mol. The van der Waals surface area contributed by atoms with E-state index in [2.05, 4.69) is 67.3 Å². The smallest absolute Gasteiger partial charge is 0.508 e. The molecule has 0 aromatic carbocycles. The number of ether oxygens (including phenoxy) is 15. The zero-order valence-electron chi connectivity index (χ0n) is 58.5. The lowest BCUT2D eigenvalue weighted by Gasteiger charge is -2.25. The van der Waals surface area contributed by atoms with Gasteiger partial charge in [0.2, 0.25) is 10.0 Å². The van der Waals surface area contributed by atoms with Crippen LogP contribution in [0.1, 0.15) is 83.1 Å². The first-order valence-corrected chi connectivity index (χ1v) is 36.4. The predicted octanol–water partition coefficient (Wildman–Crippen LogP) is -0.799. The van der Waals surface area contributed by atoms with Gasteiger partial charge in [0.05, 0.1) is 90.6 Å². The van der Waals surface area contributed by atoms with Gasteiger partial charge in [0.25, 0.3) is 23.5 Å². The van der Waals surface area contributed by atoms with E-state index < -0.39 is 183 Å². The number of alkyl carbamates (subject to hydrolysis) is 4. The number of carbonyl (C=O) groups is 11. The minimum Gasteiger partial charge on any atom is -0.756 e. The Kier molecular flexibility index (Phi) is 57.2. The van der Waals surface area contributed by atoms with Crippen molar-refractivity contribution in [3.63, 3.8) is 0 Å². The summed E-state index contributed by atoms with van der Waals surface area (Å²) in [7, 11) is -17.7. The lowest BCUT2D eigenvalue weighted by Crippen LogP contribution is -2.33. The van der Waals surface area contributed by atoms with E-state index in [-0.39, 0.29) is 111 Å². The molecule has 0 saturated heterocycles. The summed E-state index contributed by atoms with van der Waals surface area (Å²) in [5, 5.41) is 8.71. The number of sulfonamides is 1. The van der Waals surface area contributed by atoms with Crippen molar-refractivity contribution in [1.29, 1.82) is 0 Å². The van der Waals surface area contributed by atoms with Gasteiger partial charge in [0.1, 0.15) is 52.9 Å². The highest BCUT2D eigenvalue weighted by Crippen LogP contribution is 2.39. The molecule has 45 nitrogen and oxygen atoms in total. The van der Waals surface area contributed by atoms with E-state index >= 15 is 0 Å². The number of nitrogens with one attached hydrogen (secondary N) is 5. The zero-order chi connectivity index (χ0) is 78.2. The fourth-order valence-corrected chi connectivity index (χ4v) is 8.51. The lowest BCUT2D eigenvalue weighted by atomic mass is 10.4. The number of phosphoric ester groups is 3. The van der Waals surface area contributed by atoms with Crippen molar-refractivity contribution in [2.45, 2.75) is 119 Å². The maximum atomic E-state index is 11.7. The Balaban J connectivity index is -0.00000144. The van der Waals surface area contributed by atoms with E-state index in [1.807, 2.05) is 0 Å². The molecule has 0 aliphatic rings. The Hall–Kier alpha value is -6.71. The van der Waals surface area contributed by atoms with Gasteiger partial charge in [0.15, 0.2) is 18.3 Å². The first-order chi connectivity index (χ1) is 47.6. The average Bonchev–Trinajstić information content (AvgIpc) is 0.935. The predicted molar refractivity (Wildman–Crippen MR) is 335 cm³/mol. The summed E-state index contributed by atoms with van der Waals surface area (Å²) >= 11 is 0. The lowest BCUT2D eigenvalue weighted by molar-refractivity contribution is -0.229. The molecular formula is C53H95N5O40P3S-3. The first-order valence-electron chi connectivity index (χ1n) is 30.5. The van der Waals surface area contributed by atoms with Crippen LogP contribution in [0.25, 0.3) is 0 Å². The van der Waals surface area contributed by atoms with E-state index in [4.69, 9.17) is 56.8 Å². The van der Waals surface area contributed by atoms with Crippen molar-refractivity contribution >= 4 is 99.8 Å². The molecule has 0 spiro atoms. The molecular weight excluding hydrogens is 1470 g/mol. The molecule has 3 unspecified atom stereocenters. The van der Waals surface area contributed by atoms with Crippen LogP contribution in [0.5, 0.6) is 0 Å². The molecule has 0 saturated carbocycles. The highest BCUT2D eigenvalue weighted by molar-refractivity contribution is 7.90. The number of amides is 4. The molecule has 102 heavy (non-hydrogen) atoms. The number of hydrogen-bond donors (Lipinski definition) is 5. The maximum absolute atomic E-state index is 11.7. The number of esters is 6. The molecule has 6 atom stereocenters. The topological polar surface area (TPSA) is 596 Å². The largest absolute Gasteiger partial charge is 0.756 e. The molecule has 0 rings (SSSR count). The molecule has 4 amide bonds. The van der Waals surface area contributed by atoms with E-state index in [1.165, 1.54) is 0 Å². The second-order valence-corrected chi connectivity index (χ2v) is 26.6. The van der Waals surface area contributed by atoms with Gasteiger partial charge in [-0.05, 0) is 41.5 Å². The minimum atomic E-state index is -4.80. The van der Waals surface area contributed by atoms with Crippen LogP contribution >= 0.6 is 23.5 Å². The summed E-state index contributed by atoms with van der Waals surface area (Å²) in [5.41, 5.74) is 0. The van der Waals surface area contributed by atoms with Crippen LogP contribution in [0.15, 0.2) is 0 Å². The summed E-state index contributed by atoms with van der Waals surface area (Å²) in [6, 6.07) is -0.0442. The standard InChI is InChI=1S/C18H33N2O13P.C18H32NO14P.C17H33N2O13PS/c1-13(2)20-18(24)29-10-8-27-7-9-28-17(23)19-5-6-31-34(25,26)32-12-16(33-15(4)22)11-30-14(3)21;1-13(2)32-18(23)28-10-8-26-7-9-27-17(22)19-5-6-30-34(24,25)31-12-16(33-15(4)21)11-29-14(3)20;1-13(2)34(25,26)19-6-7-27-9-10-28-17(22)18-5-8-30-33(23,24)31-12-16(32-15(4)21)11-29-14(3)20/h13,16H,5-12H2,1-4H3,(H,19,23)(H,20,24)(H,25,26);13,16H,5-12H2,1-4H3,(H,19,22)(H,24,25);13,16,19H,5-12H2,1-4H3,(H,18,22)(H,23,24)/p-3/t3*16-/m111/s1. The van der Waals surface area contributed by atoms with Gasteiger partial charge in [-0.1, -0.05) is 0 Å². The summed E-state index contributed by atoms with van der Waals surface area (Å²) in [6.45, 7) is 11.7. The van der Waals surface area contributed by atoms with Crippen LogP contribution in [-0.2, 0) is 151 Å². The third-order valence-electron chi connectivity index (χ3n) is 9.73. The van der Waals surface area contributed by atoms with Crippen molar-refractivity contribution < 1.29 is 188 Å². The number of phosphoric acid groups is 3. The highest BCUT2D eigenvalue weighted by atomic mass is 32.2. The summed E-state index contributed by atoms with van der Waals surface area (Å²) in [5.74, 6) is -4.14. The van der Waals surface area contributed by atoms with Crippen LogP contribution in [0, 0.1) is 0 Å². The molecule has 0 aromatic heterocycles. The van der Waals surface area contributed by atoms with E-state index in [1.54, 1.807) is 41.5 Å². The third kappa shape index (κ3) is 69.0. The Labute approximate surface area is 588 Å². The average molecular weight is 1570 g/mol. The van der Waals surface area contributed by atoms with Crippen molar-refractivity contribution in [2.75, 3.05) is 158 Å². The van der Waals surface area contributed by atoms with Gasteiger partial charge in [-0.2, -0.15) is 0 Å². The second-order valence-electron chi connectivity index (χ2n) is 20.0. The molecule has 5 N–H and O–H groups in total. The summed E-state index contributed by atoms with van der Waals surface area (Å²) in [4.78, 5) is 158. The highest BCUT2D eigenvalue weighted by Gasteiger charge is 2.23. The summed E-state index contributed by atoms with van der Waals surface area (Å²) in [6.07, 6.45) is -7.65. The molecule has 0 aliphatic heterocycles. The van der Waals surface area contributed by atoms with Gasteiger partial charge < -0.3 is 134 Å². The SMILES string of the molecule is CC(=O)OC[C@H](COP(=O)([O-])OCCNC(=O)OCCOCCNS(=O)(=O)C(C)C)OC(C)=O.CC(=O)OC[C@H](COP(=O)([O-])OCCNC(=O)OCCOCCOC(=O)NC(C)C)OC(C)=O.CC(=O)OC[C@H](COP(=O)([O-])OCCNC(=O)OCCOCCOC(=O)OC(C)C)OC(C)=O. The van der Waals surface area contributed by atoms with Crippen LogP contribution in [0.4, 0.5) is 24.0 Å². The van der Waals surface area contributed by atoms with Crippen molar-refractivity contribution in [2.24, 2.45) is 0 Å². The molecule has 0 aromatic rings. The Morgan fingerprint density at radius 2 is 0.637 bits per heavy atom. The number of hydrogen-bond acceptors (Lipinski definition) is 40. The van der Waals surface area contributed by atoms with Crippen molar-refractivity contribution in [3.05, 3.63) is 0 Å². The number of carbonyl (C=O) groups excluding carboxylic acids is 11. The zero-order valence-corrected chi connectivity index (χ0v) is 62.0. The molecule has 596 valence electrons. The Bertz CT molecular complexity index is 2620. The molecule has 0 fully saturated rings. The van der Waals surface area contributed by atoms with E-state index in [0.717, 1.165) is 41.5 Å². The van der Waals surface area contributed by atoms with Crippen LogP contribution in [0.2, 0.25) is 0 Å². The Morgan fingerprint density at radius 3 is 0.912 bits per heavy atom. The molecule has 0 bridgehead atoms. The van der Waals surface area contributed by atoms with Gasteiger partial charge in [-0.3, -0.25) is 42.5 Å². The van der Waals surface area contributed by atoms with Gasteiger partial charge >= 0.3 is 66.3 Å². The molecule has 0 aliphatic carbocycles. The molecule has 0 heterocycles. The Morgan fingerprint density at radius 1 is 0.343 bits per heavy atom.